The highest BCUT2D eigenvalue weighted by Gasteiger charge is 2.28. The van der Waals surface area contributed by atoms with E-state index in [0.29, 0.717) is 5.82 Å². The molecule has 5 nitrogen and oxygen atoms in total. The highest BCUT2D eigenvalue weighted by atomic mass is 79.9. The molecule has 0 aliphatic carbocycles. The molecular formula is C15H23BrN4O. The zero-order valence-corrected chi connectivity index (χ0v) is 14.2. The lowest BCUT2D eigenvalue weighted by Crippen LogP contribution is -2.50. The van der Waals surface area contributed by atoms with Gasteiger partial charge in [-0.3, -0.25) is 4.79 Å². The summed E-state index contributed by atoms with van der Waals surface area (Å²) in [5.41, 5.74) is 5.84. The van der Waals surface area contributed by atoms with Crippen LogP contribution in [0.4, 0.5) is 5.82 Å². The van der Waals surface area contributed by atoms with Crippen molar-refractivity contribution in [2.75, 3.05) is 25.0 Å². The number of piperidine rings is 1. The molecule has 2 rings (SSSR count). The third-order valence-corrected chi connectivity index (χ3v) is 3.96. The lowest BCUT2D eigenvalue weighted by molar-refractivity contribution is -0.121. The Hall–Kier alpha value is -0.980. The Morgan fingerprint density at radius 2 is 2.33 bits per heavy atom. The highest BCUT2D eigenvalue weighted by Crippen LogP contribution is 2.20. The van der Waals surface area contributed by atoms with Gasteiger partial charge in [-0.1, -0.05) is 0 Å². The van der Waals surface area contributed by atoms with Gasteiger partial charge < -0.3 is 16.0 Å². The van der Waals surface area contributed by atoms with Gasteiger partial charge >= 0.3 is 0 Å². The van der Waals surface area contributed by atoms with Crippen LogP contribution in [0.25, 0.3) is 0 Å². The predicted octanol–water partition coefficient (Wildman–Crippen LogP) is 2.23. The molecule has 116 valence electrons. The summed E-state index contributed by atoms with van der Waals surface area (Å²) >= 11 is 3.33. The van der Waals surface area contributed by atoms with Gasteiger partial charge in [0.05, 0.1) is 5.92 Å². The minimum absolute atomic E-state index is 0.00606. The summed E-state index contributed by atoms with van der Waals surface area (Å²) in [5.74, 6) is 0.648. The molecule has 1 aromatic rings. The molecule has 0 radical (unpaired) electrons. The van der Waals surface area contributed by atoms with E-state index in [1.165, 1.54) is 0 Å². The van der Waals surface area contributed by atoms with Gasteiger partial charge in [-0.2, -0.15) is 0 Å². The monoisotopic (exact) mass is 354 g/mol. The van der Waals surface area contributed by atoms with Gasteiger partial charge in [-0.05, 0) is 61.3 Å². The first-order valence-corrected chi connectivity index (χ1v) is 8.06. The lowest BCUT2D eigenvalue weighted by atomic mass is 9.95. The second-order valence-electron chi connectivity index (χ2n) is 6.41. The Bertz CT molecular complexity index is 483. The number of carbonyl (C=O) groups excluding carboxylic acids is 1. The maximum absolute atomic E-state index is 12.3. The Morgan fingerprint density at radius 3 is 2.95 bits per heavy atom. The Morgan fingerprint density at radius 1 is 1.57 bits per heavy atom. The number of pyridine rings is 1. The molecule has 6 heteroatoms. The number of aromatic nitrogens is 1. The normalized spacial score (nSPS) is 20.3. The molecule has 2 heterocycles. The maximum atomic E-state index is 12.3. The van der Waals surface area contributed by atoms with Gasteiger partial charge in [0.25, 0.3) is 0 Å². The number of likely N-dealkylation sites (tertiary alicyclic amines) is 1. The number of hydrogen-bond acceptors (Lipinski definition) is 4. The topological polar surface area (TPSA) is 71.2 Å². The van der Waals surface area contributed by atoms with Crippen LogP contribution in [-0.2, 0) is 4.79 Å². The van der Waals surface area contributed by atoms with Crippen LogP contribution in [0.5, 0.6) is 0 Å². The summed E-state index contributed by atoms with van der Waals surface area (Å²) in [4.78, 5) is 18.8. The van der Waals surface area contributed by atoms with E-state index in [2.05, 4.69) is 31.1 Å². The summed E-state index contributed by atoms with van der Waals surface area (Å²) in [6, 6.07) is 3.66. The summed E-state index contributed by atoms with van der Waals surface area (Å²) < 4.78 is 0.898. The zero-order chi connectivity index (χ0) is 15.5. The number of amides is 1. The van der Waals surface area contributed by atoms with Gasteiger partial charge in [0.1, 0.15) is 5.82 Å². The first-order chi connectivity index (χ1) is 9.83. The van der Waals surface area contributed by atoms with Crippen LogP contribution < -0.4 is 11.1 Å². The molecule has 1 aromatic heterocycles. The van der Waals surface area contributed by atoms with Gasteiger partial charge in [0.15, 0.2) is 0 Å². The van der Waals surface area contributed by atoms with Gasteiger partial charge in [0.2, 0.25) is 5.91 Å². The molecule has 1 unspecified atom stereocenters. The van der Waals surface area contributed by atoms with Crippen molar-refractivity contribution < 1.29 is 4.79 Å². The zero-order valence-electron chi connectivity index (χ0n) is 12.6. The highest BCUT2D eigenvalue weighted by molar-refractivity contribution is 9.10. The minimum Gasteiger partial charge on any atom is -0.324 e. The van der Waals surface area contributed by atoms with Gasteiger partial charge in [0, 0.05) is 29.3 Å². The molecule has 1 atom stereocenters. The smallest absolute Gasteiger partial charge is 0.229 e. The second-order valence-corrected chi connectivity index (χ2v) is 7.33. The lowest BCUT2D eigenvalue weighted by Gasteiger charge is -2.35. The SMILES string of the molecule is CC(C)(N)CN1CCCC(C(=O)Nc2ccc(Br)cn2)C1. The number of carbonyl (C=O) groups is 1. The molecule has 0 bridgehead atoms. The first-order valence-electron chi connectivity index (χ1n) is 7.27. The number of rotatable bonds is 4. The van der Waals surface area contributed by atoms with E-state index < -0.39 is 0 Å². The van der Waals surface area contributed by atoms with Gasteiger partial charge in [-0.25, -0.2) is 4.98 Å². The molecule has 1 fully saturated rings. The van der Waals surface area contributed by atoms with Crippen molar-refractivity contribution in [3.8, 4) is 0 Å². The quantitative estimate of drug-likeness (QED) is 0.869. The number of anilines is 1. The van der Waals surface area contributed by atoms with Crippen LogP contribution in [-0.4, -0.2) is 41.0 Å². The van der Waals surface area contributed by atoms with Crippen LogP contribution in [0.1, 0.15) is 26.7 Å². The number of nitrogens with zero attached hydrogens (tertiary/aromatic N) is 2. The molecule has 1 aliphatic rings. The average Bonchev–Trinajstić information content (AvgIpc) is 2.40. The van der Waals surface area contributed by atoms with Crippen molar-refractivity contribution in [3.63, 3.8) is 0 Å². The maximum Gasteiger partial charge on any atom is 0.229 e. The summed E-state index contributed by atoms with van der Waals surface area (Å²) in [5, 5.41) is 2.89. The fourth-order valence-electron chi connectivity index (χ4n) is 2.67. The molecule has 0 aromatic carbocycles. The number of halogens is 1. The van der Waals surface area contributed by atoms with Crippen LogP contribution in [0.15, 0.2) is 22.8 Å². The molecule has 21 heavy (non-hydrogen) atoms. The summed E-state index contributed by atoms with van der Waals surface area (Å²) in [6.45, 7) is 6.63. The largest absolute Gasteiger partial charge is 0.324 e. The fraction of sp³-hybridized carbons (Fsp3) is 0.600. The summed E-state index contributed by atoms with van der Waals surface area (Å²) in [7, 11) is 0. The van der Waals surface area contributed by atoms with Crippen molar-refractivity contribution in [2.24, 2.45) is 11.7 Å². The second kappa shape index (κ2) is 6.85. The third-order valence-electron chi connectivity index (χ3n) is 3.49. The van der Waals surface area contributed by atoms with E-state index >= 15 is 0 Å². The minimum atomic E-state index is -0.231. The standard InChI is InChI=1S/C15H23BrN4O/c1-15(2,17)10-20-7-3-4-11(9-20)14(21)19-13-6-5-12(16)8-18-13/h5-6,8,11H,3-4,7,9-10,17H2,1-2H3,(H,18,19,21). The molecule has 3 N–H and O–H groups in total. The Labute approximate surface area is 134 Å². The molecule has 1 saturated heterocycles. The van der Waals surface area contributed by atoms with Crippen LogP contribution in [0.3, 0.4) is 0 Å². The van der Waals surface area contributed by atoms with Crippen LogP contribution in [0, 0.1) is 5.92 Å². The van der Waals surface area contributed by atoms with Crippen molar-refractivity contribution in [3.05, 3.63) is 22.8 Å². The molecule has 1 aliphatic heterocycles. The number of nitrogens with one attached hydrogen (secondary N) is 1. The van der Waals surface area contributed by atoms with Crippen LogP contribution >= 0.6 is 15.9 Å². The summed E-state index contributed by atoms with van der Waals surface area (Å²) in [6.07, 6.45) is 3.63. The Kier molecular flexibility index (Phi) is 5.35. The van der Waals surface area contributed by atoms with Crippen molar-refractivity contribution >= 4 is 27.7 Å². The molecular weight excluding hydrogens is 332 g/mol. The average molecular weight is 355 g/mol. The van der Waals surface area contributed by atoms with E-state index in [1.54, 1.807) is 12.3 Å². The third kappa shape index (κ3) is 5.37. The van der Waals surface area contributed by atoms with E-state index in [-0.39, 0.29) is 17.4 Å². The first kappa shape index (κ1) is 16.4. The van der Waals surface area contributed by atoms with Crippen LogP contribution in [0.2, 0.25) is 0 Å². The number of hydrogen-bond donors (Lipinski definition) is 2. The molecule has 0 spiro atoms. The number of nitrogens with two attached hydrogens (primary N) is 1. The van der Waals surface area contributed by atoms with Crippen molar-refractivity contribution in [1.82, 2.24) is 9.88 Å². The fourth-order valence-corrected chi connectivity index (χ4v) is 2.90. The predicted molar refractivity (Wildman–Crippen MR) is 88.0 cm³/mol. The Balaban J connectivity index is 1.91. The molecule has 0 saturated carbocycles. The van der Waals surface area contributed by atoms with E-state index in [1.807, 2.05) is 19.9 Å². The van der Waals surface area contributed by atoms with Crippen molar-refractivity contribution in [2.45, 2.75) is 32.2 Å². The van der Waals surface area contributed by atoms with E-state index in [4.69, 9.17) is 5.73 Å². The van der Waals surface area contributed by atoms with Crippen molar-refractivity contribution in [1.29, 1.82) is 0 Å². The van der Waals surface area contributed by atoms with E-state index in [9.17, 15) is 4.79 Å². The van der Waals surface area contributed by atoms with E-state index in [0.717, 1.165) is 36.9 Å². The van der Waals surface area contributed by atoms with Gasteiger partial charge in [-0.15, -0.1) is 0 Å². The molecule has 1 amide bonds.